The van der Waals surface area contributed by atoms with Crippen LogP contribution in [0.5, 0.6) is 0 Å². The molecule has 116 valence electrons. The van der Waals surface area contributed by atoms with Gasteiger partial charge in [-0.25, -0.2) is 0 Å². The van der Waals surface area contributed by atoms with Gasteiger partial charge in [0.2, 0.25) is 5.91 Å². The van der Waals surface area contributed by atoms with Crippen molar-refractivity contribution in [3.8, 4) is 0 Å². The molecule has 22 heavy (non-hydrogen) atoms. The van der Waals surface area contributed by atoms with Crippen LogP contribution < -0.4 is 10.2 Å². The summed E-state index contributed by atoms with van der Waals surface area (Å²) >= 11 is 6.09. The summed E-state index contributed by atoms with van der Waals surface area (Å²) in [5.74, 6) is -0.185. The molecule has 0 aliphatic carbocycles. The smallest absolute Gasteiger partial charge is 0.287 e. The third-order valence-electron chi connectivity index (χ3n) is 3.21. The van der Waals surface area contributed by atoms with E-state index in [1.807, 2.05) is 19.1 Å². The van der Waals surface area contributed by atoms with Gasteiger partial charge in [-0.05, 0) is 36.8 Å². The normalized spacial score (nSPS) is 10.3. The SMILES string of the molecule is CC(=O)N(CCNC(=O)c1ccco1)c1ccc(C)c(Cl)c1. The molecule has 0 bridgehead atoms. The number of hydrogen-bond donors (Lipinski definition) is 1. The minimum atomic E-state index is -0.310. The summed E-state index contributed by atoms with van der Waals surface area (Å²) in [6.07, 6.45) is 1.44. The van der Waals surface area contributed by atoms with E-state index in [-0.39, 0.29) is 17.6 Å². The van der Waals surface area contributed by atoms with Gasteiger partial charge in [0.05, 0.1) is 6.26 Å². The number of hydrogen-bond acceptors (Lipinski definition) is 3. The fourth-order valence-electron chi connectivity index (χ4n) is 1.99. The molecule has 0 aliphatic heterocycles. The van der Waals surface area contributed by atoms with Gasteiger partial charge in [0, 0.05) is 30.7 Å². The second-order valence-corrected chi connectivity index (χ2v) is 5.24. The van der Waals surface area contributed by atoms with Crippen molar-refractivity contribution in [3.05, 3.63) is 52.9 Å². The fourth-order valence-corrected chi connectivity index (χ4v) is 2.17. The van der Waals surface area contributed by atoms with Crippen molar-refractivity contribution in [3.63, 3.8) is 0 Å². The van der Waals surface area contributed by atoms with Gasteiger partial charge in [-0.2, -0.15) is 0 Å². The Balaban J connectivity index is 1.99. The third-order valence-corrected chi connectivity index (χ3v) is 3.62. The van der Waals surface area contributed by atoms with Crippen molar-refractivity contribution < 1.29 is 14.0 Å². The minimum Gasteiger partial charge on any atom is -0.459 e. The van der Waals surface area contributed by atoms with Gasteiger partial charge in [0.25, 0.3) is 5.91 Å². The Morgan fingerprint density at radius 2 is 2.09 bits per heavy atom. The van der Waals surface area contributed by atoms with Crippen LogP contribution in [0.3, 0.4) is 0 Å². The molecule has 0 spiro atoms. The highest BCUT2D eigenvalue weighted by Crippen LogP contribution is 2.23. The lowest BCUT2D eigenvalue weighted by Gasteiger charge is -2.22. The van der Waals surface area contributed by atoms with Crippen molar-refractivity contribution in [2.45, 2.75) is 13.8 Å². The van der Waals surface area contributed by atoms with Crippen LogP contribution >= 0.6 is 11.6 Å². The summed E-state index contributed by atoms with van der Waals surface area (Å²) in [5, 5.41) is 3.31. The number of nitrogens with one attached hydrogen (secondary N) is 1. The molecular weight excluding hydrogens is 304 g/mol. The number of rotatable bonds is 5. The highest BCUT2D eigenvalue weighted by molar-refractivity contribution is 6.31. The number of aryl methyl sites for hydroxylation is 1. The summed E-state index contributed by atoms with van der Waals surface area (Å²) < 4.78 is 5.00. The first-order valence-electron chi connectivity index (χ1n) is 6.85. The lowest BCUT2D eigenvalue weighted by Crippen LogP contribution is -2.37. The number of halogens is 1. The molecule has 0 fully saturated rings. The van der Waals surface area contributed by atoms with Crippen LogP contribution in [0.1, 0.15) is 23.0 Å². The zero-order valence-electron chi connectivity index (χ0n) is 12.4. The van der Waals surface area contributed by atoms with Crippen molar-refractivity contribution >= 4 is 29.1 Å². The van der Waals surface area contributed by atoms with E-state index in [4.69, 9.17) is 16.0 Å². The molecule has 0 radical (unpaired) electrons. The molecule has 1 N–H and O–H groups in total. The molecule has 1 aromatic heterocycles. The zero-order chi connectivity index (χ0) is 16.1. The van der Waals surface area contributed by atoms with Gasteiger partial charge in [-0.1, -0.05) is 17.7 Å². The summed E-state index contributed by atoms with van der Waals surface area (Å²) in [6, 6.07) is 8.65. The van der Waals surface area contributed by atoms with Crippen molar-refractivity contribution in [2.24, 2.45) is 0 Å². The van der Waals surface area contributed by atoms with E-state index in [2.05, 4.69) is 5.32 Å². The Bertz CT molecular complexity index is 668. The number of nitrogens with zero attached hydrogens (tertiary/aromatic N) is 1. The molecule has 0 atom stereocenters. The van der Waals surface area contributed by atoms with Crippen molar-refractivity contribution in [1.82, 2.24) is 5.32 Å². The molecule has 1 aromatic carbocycles. The largest absolute Gasteiger partial charge is 0.459 e. The first-order chi connectivity index (χ1) is 10.5. The van der Waals surface area contributed by atoms with Gasteiger partial charge in [-0.15, -0.1) is 0 Å². The maximum Gasteiger partial charge on any atom is 0.287 e. The Kier molecular flexibility index (Phi) is 5.22. The molecule has 0 saturated heterocycles. The molecule has 2 aromatic rings. The number of furan rings is 1. The van der Waals surface area contributed by atoms with E-state index < -0.39 is 0 Å². The van der Waals surface area contributed by atoms with Crippen molar-refractivity contribution in [1.29, 1.82) is 0 Å². The highest BCUT2D eigenvalue weighted by Gasteiger charge is 2.14. The van der Waals surface area contributed by atoms with E-state index >= 15 is 0 Å². The van der Waals surface area contributed by atoms with Gasteiger partial charge < -0.3 is 14.6 Å². The van der Waals surface area contributed by atoms with Crippen LogP contribution in [0, 0.1) is 6.92 Å². The van der Waals surface area contributed by atoms with Crippen LogP contribution in [0.15, 0.2) is 41.0 Å². The van der Waals surface area contributed by atoms with E-state index in [1.165, 1.54) is 13.2 Å². The summed E-state index contributed by atoms with van der Waals surface area (Å²) in [4.78, 5) is 25.1. The average Bonchev–Trinajstić information content (AvgIpc) is 3.00. The Hall–Kier alpha value is -2.27. The number of carbonyl (C=O) groups is 2. The number of anilines is 1. The highest BCUT2D eigenvalue weighted by atomic mass is 35.5. The Morgan fingerprint density at radius 3 is 2.68 bits per heavy atom. The van der Waals surface area contributed by atoms with Crippen LogP contribution in [0.2, 0.25) is 5.02 Å². The number of benzene rings is 1. The summed E-state index contributed by atoms with van der Waals surface area (Å²) in [6.45, 7) is 4.03. The summed E-state index contributed by atoms with van der Waals surface area (Å²) in [7, 11) is 0. The average molecular weight is 321 g/mol. The first kappa shape index (κ1) is 16.1. The van der Waals surface area contributed by atoms with E-state index in [1.54, 1.807) is 23.1 Å². The molecule has 5 nitrogen and oxygen atoms in total. The standard InChI is InChI=1S/C16H17ClN2O3/c1-11-5-6-13(10-14(11)17)19(12(2)20)8-7-18-16(21)15-4-3-9-22-15/h3-6,9-10H,7-8H2,1-2H3,(H,18,21). The lowest BCUT2D eigenvalue weighted by atomic mass is 10.2. The van der Waals surface area contributed by atoms with Crippen molar-refractivity contribution in [2.75, 3.05) is 18.0 Å². The quantitative estimate of drug-likeness (QED) is 0.921. The van der Waals surface area contributed by atoms with Gasteiger partial charge in [0.1, 0.15) is 0 Å². The molecular formula is C16H17ClN2O3. The number of carbonyl (C=O) groups excluding carboxylic acids is 2. The topological polar surface area (TPSA) is 62.6 Å². The molecule has 0 saturated carbocycles. The Labute approximate surface area is 133 Å². The van der Waals surface area contributed by atoms with E-state index in [0.29, 0.717) is 23.8 Å². The minimum absolute atomic E-state index is 0.118. The molecule has 0 unspecified atom stereocenters. The molecule has 2 amide bonds. The third kappa shape index (κ3) is 3.89. The predicted octanol–water partition coefficient (Wildman–Crippen LogP) is 3.02. The van der Waals surface area contributed by atoms with Gasteiger partial charge >= 0.3 is 0 Å². The molecule has 2 rings (SSSR count). The zero-order valence-corrected chi connectivity index (χ0v) is 13.2. The molecule has 6 heteroatoms. The van der Waals surface area contributed by atoms with E-state index in [9.17, 15) is 9.59 Å². The van der Waals surface area contributed by atoms with Crippen LogP contribution in [-0.4, -0.2) is 24.9 Å². The summed E-state index contributed by atoms with van der Waals surface area (Å²) in [5.41, 5.74) is 1.65. The van der Waals surface area contributed by atoms with Crippen LogP contribution in [0.25, 0.3) is 0 Å². The molecule has 1 heterocycles. The maximum absolute atomic E-state index is 11.8. The molecule has 0 aliphatic rings. The van der Waals surface area contributed by atoms with Crippen LogP contribution in [0.4, 0.5) is 5.69 Å². The maximum atomic E-state index is 11.8. The second kappa shape index (κ2) is 7.13. The fraction of sp³-hybridized carbons (Fsp3) is 0.250. The number of amides is 2. The predicted molar refractivity (Wildman–Crippen MR) is 85.3 cm³/mol. The second-order valence-electron chi connectivity index (χ2n) is 4.84. The Morgan fingerprint density at radius 1 is 1.32 bits per heavy atom. The van der Waals surface area contributed by atoms with Crippen LogP contribution in [-0.2, 0) is 4.79 Å². The lowest BCUT2D eigenvalue weighted by molar-refractivity contribution is -0.116. The van der Waals surface area contributed by atoms with Gasteiger partial charge in [-0.3, -0.25) is 9.59 Å². The van der Waals surface area contributed by atoms with Gasteiger partial charge in [0.15, 0.2) is 5.76 Å². The first-order valence-corrected chi connectivity index (χ1v) is 7.23. The monoisotopic (exact) mass is 320 g/mol. The van der Waals surface area contributed by atoms with E-state index in [0.717, 1.165) is 5.56 Å².